The Hall–Kier alpha value is -1.95. The van der Waals surface area contributed by atoms with E-state index in [-0.39, 0.29) is 0 Å². The molecule has 1 saturated heterocycles. The smallest absolute Gasteiger partial charge is 0.190 e. The second-order valence-electron chi connectivity index (χ2n) is 7.33. The lowest BCUT2D eigenvalue weighted by Gasteiger charge is -2.20. The van der Waals surface area contributed by atoms with E-state index in [0.29, 0.717) is 0 Å². The molecule has 28 heavy (non-hydrogen) atoms. The number of nitrogens with zero attached hydrogens (tertiary/aromatic N) is 2. The highest BCUT2D eigenvalue weighted by molar-refractivity contribution is 5.79. The van der Waals surface area contributed by atoms with Gasteiger partial charge < -0.3 is 25.0 Å². The summed E-state index contributed by atoms with van der Waals surface area (Å²) in [7, 11) is 5.16. The van der Waals surface area contributed by atoms with E-state index in [1.165, 1.54) is 50.9 Å². The zero-order chi connectivity index (χ0) is 20.0. The SMILES string of the molecule is CN=C(NCCCc1ccc(OC)c(OC)c1)NCCCN1CCCCCC1. The highest BCUT2D eigenvalue weighted by Crippen LogP contribution is 2.27. The van der Waals surface area contributed by atoms with Crippen molar-refractivity contribution in [2.24, 2.45) is 4.99 Å². The Morgan fingerprint density at radius 3 is 2.29 bits per heavy atom. The number of aliphatic imine (C=N–C) groups is 1. The molecule has 0 saturated carbocycles. The van der Waals surface area contributed by atoms with Gasteiger partial charge in [-0.2, -0.15) is 0 Å². The number of rotatable bonds is 10. The van der Waals surface area contributed by atoms with Crippen molar-refractivity contribution in [1.29, 1.82) is 0 Å². The minimum absolute atomic E-state index is 0.772. The molecule has 0 unspecified atom stereocenters. The van der Waals surface area contributed by atoms with Crippen LogP contribution >= 0.6 is 0 Å². The number of hydrogen-bond donors (Lipinski definition) is 2. The van der Waals surface area contributed by atoms with Gasteiger partial charge in [0.25, 0.3) is 0 Å². The van der Waals surface area contributed by atoms with Gasteiger partial charge in [0.05, 0.1) is 14.2 Å². The summed E-state index contributed by atoms with van der Waals surface area (Å²) >= 11 is 0. The maximum absolute atomic E-state index is 5.37. The molecule has 0 spiro atoms. The molecule has 158 valence electrons. The lowest BCUT2D eigenvalue weighted by Crippen LogP contribution is -2.39. The highest BCUT2D eigenvalue weighted by Gasteiger charge is 2.08. The molecule has 0 radical (unpaired) electrons. The van der Waals surface area contributed by atoms with E-state index in [9.17, 15) is 0 Å². The van der Waals surface area contributed by atoms with Gasteiger partial charge in [0.15, 0.2) is 17.5 Å². The standard InChI is InChI=1S/C22H38N4O2/c1-23-22(25-14-9-17-26-15-6-4-5-7-16-26)24-13-8-10-19-11-12-20(27-2)21(18-19)28-3/h11-12,18H,4-10,13-17H2,1-3H3,(H2,23,24,25). The highest BCUT2D eigenvalue weighted by atomic mass is 16.5. The van der Waals surface area contributed by atoms with Gasteiger partial charge in [0.2, 0.25) is 0 Å². The van der Waals surface area contributed by atoms with E-state index in [1.54, 1.807) is 14.2 Å². The van der Waals surface area contributed by atoms with Crippen LogP contribution in [0.3, 0.4) is 0 Å². The Kier molecular flexibility index (Phi) is 10.6. The zero-order valence-corrected chi connectivity index (χ0v) is 17.9. The number of ether oxygens (including phenoxy) is 2. The van der Waals surface area contributed by atoms with Gasteiger partial charge >= 0.3 is 0 Å². The van der Waals surface area contributed by atoms with Gasteiger partial charge in [-0.1, -0.05) is 18.9 Å². The van der Waals surface area contributed by atoms with Crippen molar-refractivity contribution < 1.29 is 9.47 Å². The molecule has 0 bridgehead atoms. The van der Waals surface area contributed by atoms with Crippen molar-refractivity contribution in [3.63, 3.8) is 0 Å². The van der Waals surface area contributed by atoms with Crippen molar-refractivity contribution in [1.82, 2.24) is 15.5 Å². The molecule has 6 nitrogen and oxygen atoms in total. The summed E-state index contributed by atoms with van der Waals surface area (Å²) < 4.78 is 10.7. The van der Waals surface area contributed by atoms with Gasteiger partial charge in [-0.3, -0.25) is 4.99 Å². The Morgan fingerprint density at radius 2 is 1.64 bits per heavy atom. The largest absolute Gasteiger partial charge is 0.493 e. The average molecular weight is 391 g/mol. The lowest BCUT2D eigenvalue weighted by molar-refractivity contribution is 0.282. The Morgan fingerprint density at radius 1 is 0.964 bits per heavy atom. The Labute approximate surface area is 170 Å². The number of benzene rings is 1. The summed E-state index contributed by atoms with van der Waals surface area (Å²) in [5, 5.41) is 6.84. The molecule has 1 heterocycles. The summed E-state index contributed by atoms with van der Waals surface area (Å²) in [5.41, 5.74) is 1.25. The molecule has 0 aliphatic carbocycles. The summed E-state index contributed by atoms with van der Waals surface area (Å²) in [6.45, 7) is 5.57. The maximum Gasteiger partial charge on any atom is 0.190 e. The minimum Gasteiger partial charge on any atom is -0.493 e. The predicted molar refractivity (Wildman–Crippen MR) is 117 cm³/mol. The number of aryl methyl sites for hydroxylation is 1. The van der Waals surface area contributed by atoms with E-state index in [4.69, 9.17) is 9.47 Å². The number of hydrogen-bond acceptors (Lipinski definition) is 4. The fourth-order valence-electron chi connectivity index (χ4n) is 3.63. The molecule has 2 rings (SSSR count). The van der Waals surface area contributed by atoms with Crippen LogP contribution in [0.2, 0.25) is 0 Å². The topological polar surface area (TPSA) is 58.1 Å². The van der Waals surface area contributed by atoms with Crippen molar-refractivity contribution in [3.05, 3.63) is 23.8 Å². The first-order valence-electron chi connectivity index (χ1n) is 10.6. The lowest BCUT2D eigenvalue weighted by atomic mass is 10.1. The molecule has 0 atom stereocenters. The average Bonchev–Trinajstić information content (AvgIpc) is 3.01. The van der Waals surface area contributed by atoms with Crippen LogP contribution in [0.5, 0.6) is 11.5 Å². The Bertz CT molecular complexity index is 584. The van der Waals surface area contributed by atoms with E-state index < -0.39 is 0 Å². The number of nitrogens with one attached hydrogen (secondary N) is 2. The van der Waals surface area contributed by atoms with Gasteiger partial charge in [-0.15, -0.1) is 0 Å². The van der Waals surface area contributed by atoms with E-state index in [2.05, 4.69) is 32.7 Å². The van der Waals surface area contributed by atoms with Crippen LogP contribution in [0.25, 0.3) is 0 Å². The van der Waals surface area contributed by atoms with Crippen molar-refractivity contribution in [3.8, 4) is 11.5 Å². The van der Waals surface area contributed by atoms with Crippen molar-refractivity contribution in [2.45, 2.75) is 44.9 Å². The van der Waals surface area contributed by atoms with Gasteiger partial charge in [0.1, 0.15) is 0 Å². The molecule has 0 aromatic heterocycles. The van der Waals surface area contributed by atoms with Crippen LogP contribution < -0.4 is 20.1 Å². The van der Waals surface area contributed by atoms with Crippen LogP contribution in [-0.2, 0) is 6.42 Å². The first kappa shape index (κ1) is 22.3. The third kappa shape index (κ3) is 7.97. The molecule has 1 aliphatic heterocycles. The molecule has 1 fully saturated rings. The van der Waals surface area contributed by atoms with Gasteiger partial charge in [-0.05, 0) is 69.4 Å². The van der Waals surface area contributed by atoms with Gasteiger partial charge in [-0.25, -0.2) is 0 Å². The second kappa shape index (κ2) is 13.3. The van der Waals surface area contributed by atoms with Crippen LogP contribution in [-0.4, -0.2) is 64.9 Å². The third-order valence-electron chi connectivity index (χ3n) is 5.25. The van der Waals surface area contributed by atoms with Crippen LogP contribution in [0.4, 0.5) is 0 Å². The van der Waals surface area contributed by atoms with Crippen LogP contribution in [0, 0.1) is 0 Å². The zero-order valence-electron chi connectivity index (χ0n) is 17.9. The third-order valence-corrected chi connectivity index (χ3v) is 5.25. The molecule has 2 N–H and O–H groups in total. The van der Waals surface area contributed by atoms with Crippen molar-refractivity contribution >= 4 is 5.96 Å². The first-order valence-corrected chi connectivity index (χ1v) is 10.6. The second-order valence-corrected chi connectivity index (χ2v) is 7.33. The summed E-state index contributed by atoms with van der Waals surface area (Å²) in [4.78, 5) is 6.93. The van der Waals surface area contributed by atoms with Crippen LogP contribution in [0.1, 0.15) is 44.1 Å². The molecule has 1 aromatic carbocycles. The monoisotopic (exact) mass is 390 g/mol. The fourth-order valence-corrected chi connectivity index (χ4v) is 3.63. The van der Waals surface area contributed by atoms with Gasteiger partial charge in [0, 0.05) is 20.1 Å². The Balaban J connectivity index is 1.60. The van der Waals surface area contributed by atoms with E-state index >= 15 is 0 Å². The minimum atomic E-state index is 0.772. The van der Waals surface area contributed by atoms with E-state index in [1.807, 2.05) is 13.1 Å². The molecular formula is C22H38N4O2. The summed E-state index contributed by atoms with van der Waals surface area (Å²) in [5.74, 6) is 2.45. The number of methoxy groups -OCH3 is 2. The van der Waals surface area contributed by atoms with Crippen molar-refractivity contribution in [2.75, 3.05) is 54.0 Å². The molecule has 0 amide bonds. The fraction of sp³-hybridized carbons (Fsp3) is 0.682. The molecular weight excluding hydrogens is 352 g/mol. The summed E-state index contributed by atoms with van der Waals surface area (Å²) in [6, 6.07) is 6.11. The quantitative estimate of drug-likeness (QED) is 0.365. The number of likely N-dealkylation sites (tertiary alicyclic amines) is 1. The van der Waals surface area contributed by atoms with Crippen LogP contribution in [0.15, 0.2) is 23.2 Å². The molecule has 1 aromatic rings. The number of guanidine groups is 1. The van der Waals surface area contributed by atoms with E-state index in [0.717, 1.165) is 49.8 Å². The summed E-state index contributed by atoms with van der Waals surface area (Å²) in [6.07, 6.45) is 8.69. The molecule has 1 aliphatic rings. The first-order chi connectivity index (χ1) is 13.8. The predicted octanol–water partition coefficient (Wildman–Crippen LogP) is 3.07. The molecule has 6 heteroatoms. The maximum atomic E-state index is 5.37. The normalized spacial score (nSPS) is 15.8.